The van der Waals surface area contributed by atoms with Crippen molar-refractivity contribution in [3.63, 3.8) is 0 Å². The number of piperazine rings is 1. The smallest absolute Gasteiger partial charge is 0.278 e. The van der Waals surface area contributed by atoms with E-state index in [1.54, 1.807) is 11.7 Å². The van der Waals surface area contributed by atoms with Gasteiger partial charge in [0, 0.05) is 63.1 Å². The molecule has 1 aliphatic heterocycles. The summed E-state index contributed by atoms with van der Waals surface area (Å²) in [6, 6.07) is 5.62. The van der Waals surface area contributed by atoms with Crippen LogP contribution in [0.15, 0.2) is 23.0 Å². The summed E-state index contributed by atoms with van der Waals surface area (Å²) >= 11 is 5.47. The van der Waals surface area contributed by atoms with Crippen LogP contribution in [0, 0.1) is 4.77 Å². The van der Waals surface area contributed by atoms with E-state index in [-0.39, 0.29) is 11.5 Å². The van der Waals surface area contributed by atoms with E-state index in [0.29, 0.717) is 53.9 Å². The van der Waals surface area contributed by atoms with Gasteiger partial charge in [0.05, 0.1) is 12.6 Å². The lowest BCUT2D eigenvalue weighted by molar-refractivity contribution is -0.121. The minimum atomic E-state index is -0.151. The fraction of sp³-hybridized carbons (Fsp3) is 0.542. The molecule has 0 bridgehead atoms. The fourth-order valence-corrected chi connectivity index (χ4v) is 4.80. The van der Waals surface area contributed by atoms with Gasteiger partial charge in [0.25, 0.3) is 5.56 Å². The first-order chi connectivity index (χ1) is 16.5. The van der Waals surface area contributed by atoms with Crippen LogP contribution >= 0.6 is 12.2 Å². The van der Waals surface area contributed by atoms with Gasteiger partial charge in [-0.15, -0.1) is 0 Å². The monoisotopic (exact) mass is 486 g/mol. The lowest BCUT2D eigenvalue weighted by Crippen LogP contribution is -2.48. The Morgan fingerprint density at radius 2 is 1.85 bits per heavy atom. The summed E-state index contributed by atoms with van der Waals surface area (Å²) in [6.45, 7) is 9.67. The predicted octanol–water partition coefficient (Wildman–Crippen LogP) is 2.47. The molecule has 3 aromatic rings. The lowest BCUT2D eigenvalue weighted by atomic mass is 10.2. The second kappa shape index (κ2) is 11.2. The SMILES string of the molecule is CCN1CCN(CCNC(=O)CCCCn2c(=S)[nH]c3c([nH]c4ccc(OC)cc43)c2=O)CC1. The van der Waals surface area contributed by atoms with Crippen LogP contribution in [-0.2, 0) is 11.3 Å². The Labute approximate surface area is 204 Å². The molecule has 3 heterocycles. The van der Waals surface area contributed by atoms with Gasteiger partial charge in [0.2, 0.25) is 5.91 Å². The molecule has 0 spiro atoms. The molecule has 0 saturated carbocycles. The quantitative estimate of drug-likeness (QED) is 0.301. The number of amides is 1. The Kier molecular flexibility index (Phi) is 8.02. The molecular formula is C24H34N6O3S. The average Bonchev–Trinajstić information content (AvgIpc) is 3.21. The summed E-state index contributed by atoms with van der Waals surface area (Å²) in [7, 11) is 1.61. The minimum Gasteiger partial charge on any atom is -0.497 e. The van der Waals surface area contributed by atoms with E-state index in [4.69, 9.17) is 17.0 Å². The zero-order valence-corrected chi connectivity index (χ0v) is 20.8. The van der Waals surface area contributed by atoms with Crippen molar-refractivity contribution in [3.8, 4) is 5.75 Å². The topological polar surface area (TPSA) is 98.4 Å². The number of benzene rings is 1. The average molecular weight is 487 g/mol. The Balaban J connectivity index is 1.27. The molecule has 0 aliphatic carbocycles. The fourth-order valence-electron chi connectivity index (χ4n) is 4.52. The third kappa shape index (κ3) is 5.51. The number of likely N-dealkylation sites (N-methyl/N-ethyl adjacent to an activating group) is 1. The van der Waals surface area contributed by atoms with Gasteiger partial charge >= 0.3 is 0 Å². The summed E-state index contributed by atoms with van der Waals surface area (Å²) in [4.78, 5) is 36.5. The van der Waals surface area contributed by atoms with Crippen LogP contribution in [0.2, 0.25) is 0 Å². The van der Waals surface area contributed by atoms with Gasteiger partial charge in [0.15, 0.2) is 4.77 Å². The Morgan fingerprint density at radius 1 is 1.09 bits per heavy atom. The maximum Gasteiger partial charge on any atom is 0.278 e. The molecule has 1 saturated heterocycles. The number of hydrogen-bond acceptors (Lipinski definition) is 6. The van der Waals surface area contributed by atoms with Gasteiger partial charge in [-0.25, -0.2) is 0 Å². The van der Waals surface area contributed by atoms with Crippen molar-refractivity contribution in [3.05, 3.63) is 33.3 Å². The molecule has 0 atom stereocenters. The Bertz CT molecular complexity index is 1260. The summed E-state index contributed by atoms with van der Waals surface area (Å²) in [5.41, 5.74) is 1.88. The molecule has 0 unspecified atom stereocenters. The molecule has 9 nitrogen and oxygen atoms in total. The highest BCUT2D eigenvalue weighted by Gasteiger charge is 2.15. The molecule has 34 heavy (non-hydrogen) atoms. The molecule has 2 aromatic heterocycles. The standard InChI is InChI=1S/C24H34N6O3S/c1-3-28-12-14-29(15-13-28)11-9-25-20(31)6-4-5-10-30-23(32)22-21(27-24(30)34)18-16-17(33-2)7-8-19(18)26-22/h7-8,16,26H,3-6,9-15H2,1-2H3,(H,25,31)(H,27,34). The van der Waals surface area contributed by atoms with E-state index < -0.39 is 0 Å². The number of H-pyrrole nitrogens is 2. The predicted molar refractivity (Wildman–Crippen MR) is 137 cm³/mol. The first kappa shape index (κ1) is 24.4. The summed E-state index contributed by atoms with van der Waals surface area (Å²) in [5, 5.41) is 3.89. The number of nitrogens with one attached hydrogen (secondary N) is 3. The Hall–Kier alpha value is -2.69. The van der Waals surface area contributed by atoms with Crippen molar-refractivity contribution in [2.24, 2.45) is 0 Å². The van der Waals surface area contributed by atoms with Crippen molar-refractivity contribution in [1.82, 2.24) is 29.7 Å². The highest BCUT2D eigenvalue weighted by Crippen LogP contribution is 2.25. The van der Waals surface area contributed by atoms with Gasteiger partial charge in [-0.1, -0.05) is 6.92 Å². The highest BCUT2D eigenvalue weighted by atomic mass is 32.1. The van der Waals surface area contributed by atoms with Crippen LogP contribution in [-0.4, -0.2) is 83.2 Å². The van der Waals surface area contributed by atoms with Crippen molar-refractivity contribution >= 4 is 40.1 Å². The first-order valence-corrected chi connectivity index (χ1v) is 12.4. The third-order valence-corrected chi connectivity index (χ3v) is 6.96. The van der Waals surface area contributed by atoms with E-state index in [1.807, 2.05) is 18.2 Å². The van der Waals surface area contributed by atoms with Crippen LogP contribution in [0.25, 0.3) is 21.9 Å². The number of ether oxygens (including phenoxy) is 1. The summed E-state index contributed by atoms with van der Waals surface area (Å²) in [6.07, 6.45) is 1.84. The van der Waals surface area contributed by atoms with Gasteiger partial charge in [0.1, 0.15) is 11.3 Å². The summed E-state index contributed by atoms with van der Waals surface area (Å²) in [5.74, 6) is 0.777. The largest absolute Gasteiger partial charge is 0.497 e. The molecule has 1 amide bonds. The second-order valence-corrected chi connectivity index (χ2v) is 9.14. The van der Waals surface area contributed by atoms with Gasteiger partial charge in [-0.05, 0) is 49.8 Å². The van der Waals surface area contributed by atoms with Crippen LogP contribution in [0.1, 0.15) is 26.2 Å². The van der Waals surface area contributed by atoms with Crippen LogP contribution in [0.4, 0.5) is 0 Å². The van der Waals surface area contributed by atoms with Crippen LogP contribution < -0.4 is 15.6 Å². The second-order valence-electron chi connectivity index (χ2n) is 8.76. The maximum absolute atomic E-state index is 13.1. The number of fused-ring (bicyclic) bond motifs is 3. The van der Waals surface area contributed by atoms with E-state index in [2.05, 4.69) is 32.0 Å². The van der Waals surface area contributed by atoms with E-state index in [1.165, 1.54) is 0 Å². The van der Waals surface area contributed by atoms with E-state index >= 15 is 0 Å². The van der Waals surface area contributed by atoms with E-state index in [0.717, 1.165) is 50.2 Å². The number of aromatic amines is 2. The zero-order valence-electron chi connectivity index (χ0n) is 20.0. The van der Waals surface area contributed by atoms with Crippen LogP contribution in [0.5, 0.6) is 5.75 Å². The van der Waals surface area contributed by atoms with Crippen molar-refractivity contribution < 1.29 is 9.53 Å². The minimum absolute atomic E-state index is 0.0599. The molecule has 1 fully saturated rings. The molecular weight excluding hydrogens is 452 g/mol. The number of carbonyl (C=O) groups is 1. The zero-order chi connectivity index (χ0) is 24.1. The number of methoxy groups -OCH3 is 1. The third-order valence-electron chi connectivity index (χ3n) is 6.64. The normalized spacial score (nSPS) is 15.2. The lowest BCUT2D eigenvalue weighted by Gasteiger charge is -2.33. The van der Waals surface area contributed by atoms with Crippen molar-refractivity contribution in [2.75, 3.05) is 52.9 Å². The van der Waals surface area contributed by atoms with E-state index in [9.17, 15) is 9.59 Å². The van der Waals surface area contributed by atoms with Gasteiger partial charge in [-0.3, -0.25) is 19.1 Å². The number of unbranched alkanes of at least 4 members (excludes halogenated alkanes) is 1. The molecule has 0 radical (unpaired) electrons. The number of rotatable bonds is 10. The number of aromatic nitrogens is 3. The van der Waals surface area contributed by atoms with Crippen molar-refractivity contribution in [2.45, 2.75) is 32.7 Å². The highest BCUT2D eigenvalue weighted by molar-refractivity contribution is 7.71. The molecule has 1 aromatic carbocycles. The molecule has 4 rings (SSSR count). The maximum atomic E-state index is 13.1. The van der Waals surface area contributed by atoms with Gasteiger partial charge in [-0.2, -0.15) is 0 Å². The molecule has 3 N–H and O–H groups in total. The molecule has 1 aliphatic rings. The van der Waals surface area contributed by atoms with Gasteiger partial charge < -0.3 is 24.9 Å². The first-order valence-electron chi connectivity index (χ1n) is 12.0. The number of nitrogens with zero attached hydrogens (tertiary/aromatic N) is 3. The molecule has 10 heteroatoms. The summed E-state index contributed by atoms with van der Waals surface area (Å²) < 4.78 is 7.25. The number of carbonyl (C=O) groups excluding carboxylic acids is 1. The van der Waals surface area contributed by atoms with Crippen LogP contribution in [0.3, 0.4) is 0 Å². The number of hydrogen-bond donors (Lipinski definition) is 3. The Morgan fingerprint density at radius 3 is 2.59 bits per heavy atom. The molecule has 184 valence electrons. The van der Waals surface area contributed by atoms with Crippen molar-refractivity contribution in [1.29, 1.82) is 0 Å².